The lowest BCUT2D eigenvalue weighted by molar-refractivity contribution is 0.0718. The number of likely N-dealkylation sites (tertiary alicyclic amines) is 1. The highest BCUT2D eigenvalue weighted by Crippen LogP contribution is 2.23. The van der Waals surface area contributed by atoms with Gasteiger partial charge in [0.2, 0.25) is 0 Å². The van der Waals surface area contributed by atoms with Gasteiger partial charge in [-0.1, -0.05) is 36.4 Å². The third-order valence-electron chi connectivity index (χ3n) is 5.42. The zero-order valence-corrected chi connectivity index (χ0v) is 15.7. The van der Waals surface area contributed by atoms with Crippen molar-refractivity contribution in [3.8, 4) is 16.9 Å². The number of aromatic nitrogens is 3. The van der Waals surface area contributed by atoms with Crippen LogP contribution >= 0.6 is 0 Å². The molecule has 1 aliphatic heterocycles. The van der Waals surface area contributed by atoms with Crippen molar-refractivity contribution in [1.82, 2.24) is 19.1 Å². The molecule has 5 rings (SSSR count). The Labute approximate surface area is 163 Å². The molecule has 0 spiro atoms. The summed E-state index contributed by atoms with van der Waals surface area (Å²) in [7, 11) is 0. The van der Waals surface area contributed by atoms with E-state index in [-0.39, 0.29) is 5.91 Å². The molecular formula is C23H22N4O. The van der Waals surface area contributed by atoms with Gasteiger partial charge in [0.1, 0.15) is 5.82 Å². The van der Waals surface area contributed by atoms with E-state index in [1.165, 1.54) is 12.0 Å². The second kappa shape index (κ2) is 7.00. The minimum atomic E-state index is 0.0317. The maximum absolute atomic E-state index is 12.7. The first-order valence-electron chi connectivity index (χ1n) is 9.81. The van der Waals surface area contributed by atoms with Gasteiger partial charge in [0.05, 0.1) is 0 Å². The van der Waals surface area contributed by atoms with Crippen LogP contribution in [0.5, 0.6) is 0 Å². The summed E-state index contributed by atoms with van der Waals surface area (Å²) in [6, 6.07) is 20.5. The largest absolute Gasteiger partial charge is 0.337 e. The van der Waals surface area contributed by atoms with Crippen LogP contribution in [0.2, 0.25) is 0 Å². The molecule has 140 valence electrons. The van der Waals surface area contributed by atoms with Gasteiger partial charge in [-0.3, -0.25) is 4.79 Å². The molecule has 0 atom stereocenters. The number of carbonyl (C=O) groups excluding carboxylic acids is 1. The van der Waals surface area contributed by atoms with Crippen LogP contribution in [0.15, 0.2) is 73.1 Å². The van der Waals surface area contributed by atoms with Crippen LogP contribution in [0.1, 0.15) is 29.8 Å². The maximum Gasteiger partial charge on any atom is 0.274 e. The van der Waals surface area contributed by atoms with Crippen LogP contribution in [0.4, 0.5) is 0 Å². The monoisotopic (exact) mass is 370 g/mol. The lowest BCUT2D eigenvalue weighted by atomic mass is 10.1. The van der Waals surface area contributed by atoms with Crippen LogP contribution in [0.3, 0.4) is 0 Å². The van der Waals surface area contributed by atoms with Crippen molar-refractivity contribution in [1.29, 1.82) is 0 Å². The minimum absolute atomic E-state index is 0.0317. The SMILES string of the molecule is O=C(c1ccn(-c2ccc3ccc(-c4ccccc4)cn23)n1)N1CCCCC1. The second-order valence-corrected chi connectivity index (χ2v) is 7.27. The number of fused-ring (bicyclic) bond motifs is 1. The van der Waals surface area contributed by atoms with E-state index in [0.717, 1.165) is 42.8 Å². The lowest BCUT2D eigenvalue weighted by Crippen LogP contribution is -2.35. The van der Waals surface area contributed by atoms with Gasteiger partial charge in [-0.15, -0.1) is 0 Å². The molecule has 0 radical (unpaired) electrons. The molecule has 1 saturated heterocycles. The van der Waals surface area contributed by atoms with Gasteiger partial charge in [-0.2, -0.15) is 5.10 Å². The predicted molar refractivity (Wildman–Crippen MR) is 110 cm³/mol. The van der Waals surface area contributed by atoms with Crippen molar-refractivity contribution < 1.29 is 4.79 Å². The average molecular weight is 370 g/mol. The number of hydrogen-bond donors (Lipinski definition) is 0. The van der Waals surface area contributed by atoms with E-state index in [1.807, 2.05) is 41.4 Å². The fourth-order valence-electron chi connectivity index (χ4n) is 3.90. The summed E-state index contributed by atoms with van der Waals surface area (Å²) in [6.45, 7) is 1.67. The normalized spacial score (nSPS) is 14.5. The molecule has 5 heteroatoms. The summed E-state index contributed by atoms with van der Waals surface area (Å²) < 4.78 is 3.91. The average Bonchev–Trinajstić information content (AvgIpc) is 3.41. The molecule has 1 aromatic carbocycles. The number of amides is 1. The van der Waals surface area contributed by atoms with Crippen LogP contribution < -0.4 is 0 Å². The summed E-state index contributed by atoms with van der Waals surface area (Å²) in [6.07, 6.45) is 7.36. The van der Waals surface area contributed by atoms with E-state index in [1.54, 1.807) is 4.68 Å². The molecule has 4 heterocycles. The van der Waals surface area contributed by atoms with Crippen LogP contribution in [-0.4, -0.2) is 38.1 Å². The molecule has 0 saturated carbocycles. The second-order valence-electron chi connectivity index (χ2n) is 7.27. The van der Waals surface area contributed by atoms with Crippen LogP contribution in [0, 0.1) is 0 Å². The summed E-state index contributed by atoms with van der Waals surface area (Å²) in [5, 5.41) is 4.59. The lowest BCUT2D eigenvalue weighted by Gasteiger charge is -2.25. The van der Waals surface area contributed by atoms with Crippen molar-refractivity contribution in [2.75, 3.05) is 13.1 Å². The van der Waals surface area contributed by atoms with Gasteiger partial charge in [-0.05, 0) is 54.7 Å². The quantitative estimate of drug-likeness (QED) is 0.536. The van der Waals surface area contributed by atoms with E-state index >= 15 is 0 Å². The predicted octanol–water partition coefficient (Wildman–Crippen LogP) is 4.42. The number of rotatable bonds is 3. The molecule has 3 aromatic heterocycles. The fraction of sp³-hybridized carbons (Fsp3) is 0.217. The molecule has 1 aliphatic rings. The number of hydrogen-bond acceptors (Lipinski definition) is 2. The van der Waals surface area contributed by atoms with E-state index in [0.29, 0.717) is 5.69 Å². The van der Waals surface area contributed by atoms with Gasteiger partial charge >= 0.3 is 0 Å². The smallest absolute Gasteiger partial charge is 0.274 e. The number of benzene rings is 1. The minimum Gasteiger partial charge on any atom is -0.337 e. The number of piperidine rings is 1. The molecule has 1 amide bonds. The first kappa shape index (κ1) is 16.8. The maximum atomic E-state index is 12.7. The Hall–Kier alpha value is -3.34. The van der Waals surface area contributed by atoms with Crippen molar-refractivity contribution in [2.45, 2.75) is 19.3 Å². The van der Waals surface area contributed by atoms with Gasteiger partial charge in [0, 0.05) is 31.0 Å². The van der Waals surface area contributed by atoms with E-state index < -0.39 is 0 Å². The van der Waals surface area contributed by atoms with Gasteiger partial charge in [0.25, 0.3) is 5.91 Å². The first-order chi connectivity index (χ1) is 13.8. The Bertz CT molecular complexity index is 1120. The highest BCUT2D eigenvalue weighted by molar-refractivity contribution is 5.92. The van der Waals surface area contributed by atoms with Crippen molar-refractivity contribution in [3.05, 3.63) is 78.8 Å². The number of nitrogens with zero attached hydrogens (tertiary/aromatic N) is 4. The molecule has 1 fully saturated rings. The molecule has 0 N–H and O–H groups in total. The number of carbonyl (C=O) groups is 1. The number of pyridine rings is 1. The van der Waals surface area contributed by atoms with Gasteiger partial charge < -0.3 is 9.30 Å². The first-order valence-corrected chi connectivity index (χ1v) is 9.81. The fourth-order valence-corrected chi connectivity index (χ4v) is 3.90. The summed E-state index contributed by atoms with van der Waals surface area (Å²) in [4.78, 5) is 14.6. The Kier molecular flexibility index (Phi) is 4.20. The molecular weight excluding hydrogens is 348 g/mol. The molecule has 0 bridgehead atoms. The Balaban J connectivity index is 1.49. The summed E-state index contributed by atoms with van der Waals surface area (Å²) >= 11 is 0. The van der Waals surface area contributed by atoms with Gasteiger partial charge in [0.15, 0.2) is 5.69 Å². The van der Waals surface area contributed by atoms with E-state index in [2.05, 4.69) is 46.0 Å². The van der Waals surface area contributed by atoms with Crippen LogP contribution in [0.25, 0.3) is 22.5 Å². The van der Waals surface area contributed by atoms with Crippen molar-refractivity contribution in [3.63, 3.8) is 0 Å². The van der Waals surface area contributed by atoms with E-state index in [9.17, 15) is 4.79 Å². The standard InChI is InChI=1S/C23H22N4O/c28-23(25-14-5-2-6-15-25)21-13-16-27(24-21)22-12-11-20-10-9-19(17-26(20)22)18-7-3-1-4-8-18/h1,3-4,7-13,16-17H,2,5-6,14-15H2. The van der Waals surface area contributed by atoms with Crippen LogP contribution in [-0.2, 0) is 0 Å². The van der Waals surface area contributed by atoms with Gasteiger partial charge in [-0.25, -0.2) is 4.68 Å². The van der Waals surface area contributed by atoms with Crippen molar-refractivity contribution in [2.24, 2.45) is 0 Å². The third kappa shape index (κ3) is 2.99. The Morgan fingerprint density at radius 3 is 2.43 bits per heavy atom. The summed E-state index contributed by atoms with van der Waals surface area (Å²) in [5.74, 6) is 0.953. The Morgan fingerprint density at radius 1 is 0.821 bits per heavy atom. The zero-order chi connectivity index (χ0) is 18.9. The zero-order valence-electron chi connectivity index (χ0n) is 15.7. The molecule has 0 aliphatic carbocycles. The third-order valence-corrected chi connectivity index (χ3v) is 5.42. The molecule has 4 aromatic rings. The molecule has 28 heavy (non-hydrogen) atoms. The highest BCUT2D eigenvalue weighted by Gasteiger charge is 2.20. The topological polar surface area (TPSA) is 42.5 Å². The summed E-state index contributed by atoms with van der Waals surface area (Å²) in [5.41, 5.74) is 3.91. The molecule has 0 unspecified atom stereocenters. The van der Waals surface area contributed by atoms with E-state index in [4.69, 9.17) is 0 Å². The highest BCUT2D eigenvalue weighted by atomic mass is 16.2. The Morgan fingerprint density at radius 2 is 1.61 bits per heavy atom. The molecule has 5 nitrogen and oxygen atoms in total. The van der Waals surface area contributed by atoms with Crippen molar-refractivity contribution >= 4 is 11.4 Å².